The third kappa shape index (κ3) is 3.63. The van der Waals surface area contributed by atoms with Crippen LogP contribution >= 0.6 is 0 Å². The molecule has 2 aromatic carbocycles. The molecule has 1 aliphatic rings. The lowest BCUT2D eigenvalue weighted by molar-refractivity contribution is -0.128. The van der Waals surface area contributed by atoms with Crippen molar-refractivity contribution in [3.63, 3.8) is 0 Å². The molecule has 0 aromatic heterocycles. The van der Waals surface area contributed by atoms with E-state index < -0.39 is 5.92 Å². The zero-order valence-electron chi connectivity index (χ0n) is 14.1. The number of hydrogen-bond donors (Lipinski definition) is 2. The van der Waals surface area contributed by atoms with Crippen molar-refractivity contribution in [2.75, 3.05) is 24.5 Å². The number of carbonyl (C=O) groups excluding carboxylic acids is 3. The molecule has 0 spiro atoms. The first-order valence-electron chi connectivity index (χ1n) is 8.42. The molecule has 130 valence electrons. The predicted molar refractivity (Wildman–Crippen MR) is 96.1 cm³/mol. The predicted octanol–water partition coefficient (Wildman–Crippen LogP) is 1.44. The van der Waals surface area contributed by atoms with Crippen molar-refractivity contribution in [2.45, 2.75) is 13.3 Å². The Morgan fingerprint density at radius 2 is 1.88 bits per heavy atom. The zero-order chi connectivity index (χ0) is 17.8. The summed E-state index contributed by atoms with van der Waals surface area (Å²) in [6.45, 7) is 2.60. The second-order valence-electron chi connectivity index (χ2n) is 6.07. The van der Waals surface area contributed by atoms with Crippen LogP contribution in [0.5, 0.6) is 0 Å². The van der Waals surface area contributed by atoms with Crippen LogP contribution in [0, 0.1) is 5.92 Å². The standard InChI is InChI=1S/C19H21N3O3/c1-2-20-17(23)11-21-19(25)14-10-18(24)22(12-14)16-9-5-7-13-6-3-4-8-15(13)16/h3-9,14H,2,10-12H2,1H3,(H,20,23)(H,21,25)/t14-/m1/s1. The van der Waals surface area contributed by atoms with Gasteiger partial charge in [0.2, 0.25) is 17.7 Å². The molecule has 2 aromatic rings. The van der Waals surface area contributed by atoms with E-state index in [-0.39, 0.29) is 30.7 Å². The van der Waals surface area contributed by atoms with Crippen LogP contribution in [-0.2, 0) is 14.4 Å². The number of nitrogens with zero attached hydrogens (tertiary/aromatic N) is 1. The summed E-state index contributed by atoms with van der Waals surface area (Å²) in [4.78, 5) is 37.8. The fraction of sp³-hybridized carbons (Fsp3) is 0.316. The monoisotopic (exact) mass is 339 g/mol. The minimum absolute atomic E-state index is 0.0639. The third-order valence-corrected chi connectivity index (χ3v) is 4.35. The first-order valence-corrected chi connectivity index (χ1v) is 8.42. The molecule has 6 heteroatoms. The highest BCUT2D eigenvalue weighted by Crippen LogP contribution is 2.31. The normalized spacial score (nSPS) is 16.9. The summed E-state index contributed by atoms with van der Waals surface area (Å²) < 4.78 is 0. The van der Waals surface area contributed by atoms with E-state index in [0.717, 1.165) is 16.5 Å². The van der Waals surface area contributed by atoms with Gasteiger partial charge in [0, 0.05) is 24.9 Å². The van der Waals surface area contributed by atoms with E-state index in [1.807, 2.05) is 49.4 Å². The van der Waals surface area contributed by atoms with Crippen LogP contribution in [-0.4, -0.2) is 37.4 Å². The summed E-state index contributed by atoms with van der Waals surface area (Å²) in [7, 11) is 0. The summed E-state index contributed by atoms with van der Waals surface area (Å²) >= 11 is 0. The van der Waals surface area contributed by atoms with Gasteiger partial charge in [0.25, 0.3) is 0 Å². The molecule has 0 aliphatic carbocycles. The van der Waals surface area contributed by atoms with Gasteiger partial charge in [-0.1, -0.05) is 36.4 Å². The van der Waals surface area contributed by atoms with E-state index in [1.165, 1.54) is 0 Å². The van der Waals surface area contributed by atoms with Crippen LogP contribution in [0.3, 0.4) is 0 Å². The summed E-state index contributed by atoms with van der Waals surface area (Å²) in [6, 6.07) is 13.7. The number of rotatable bonds is 5. The number of fused-ring (bicyclic) bond motifs is 1. The fourth-order valence-electron chi connectivity index (χ4n) is 3.13. The van der Waals surface area contributed by atoms with Crippen molar-refractivity contribution in [3.8, 4) is 0 Å². The van der Waals surface area contributed by atoms with Gasteiger partial charge in [0.05, 0.1) is 18.2 Å². The van der Waals surface area contributed by atoms with E-state index in [2.05, 4.69) is 10.6 Å². The molecular weight excluding hydrogens is 318 g/mol. The minimum Gasteiger partial charge on any atom is -0.355 e. The van der Waals surface area contributed by atoms with Crippen LogP contribution < -0.4 is 15.5 Å². The maximum atomic E-state index is 12.4. The molecule has 1 heterocycles. The van der Waals surface area contributed by atoms with Crippen LogP contribution in [0.1, 0.15) is 13.3 Å². The summed E-state index contributed by atoms with van der Waals surface area (Å²) in [5.41, 5.74) is 0.821. The number of nitrogens with one attached hydrogen (secondary N) is 2. The van der Waals surface area contributed by atoms with E-state index in [1.54, 1.807) is 4.90 Å². The molecular formula is C19H21N3O3. The average Bonchev–Trinajstić information content (AvgIpc) is 3.01. The zero-order valence-corrected chi connectivity index (χ0v) is 14.1. The lowest BCUT2D eigenvalue weighted by Gasteiger charge is -2.19. The quantitative estimate of drug-likeness (QED) is 0.865. The van der Waals surface area contributed by atoms with Crippen LogP contribution in [0.4, 0.5) is 5.69 Å². The Morgan fingerprint density at radius 3 is 2.68 bits per heavy atom. The average molecular weight is 339 g/mol. The van der Waals surface area contributed by atoms with Gasteiger partial charge in [-0.05, 0) is 18.4 Å². The van der Waals surface area contributed by atoms with Crippen LogP contribution in [0.15, 0.2) is 42.5 Å². The Kier molecular flexibility index (Phi) is 4.97. The number of anilines is 1. The smallest absolute Gasteiger partial charge is 0.239 e. The number of amides is 3. The second kappa shape index (κ2) is 7.34. The molecule has 1 atom stereocenters. The maximum Gasteiger partial charge on any atom is 0.239 e. The van der Waals surface area contributed by atoms with E-state index in [4.69, 9.17) is 0 Å². The number of carbonyl (C=O) groups is 3. The van der Waals surface area contributed by atoms with Crippen molar-refractivity contribution in [2.24, 2.45) is 5.92 Å². The topological polar surface area (TPSA) is 78.5 Å². The van der Waals surface area contributed by atoms with E-state index >= 15 is 0 Å². The first kappa shape index (κ1) is 17.0. The molecule has 0 radical (unpaired) electrons. The van der Waals surface area contributed by atoms with Crippen molar-refractivity contribution in [1.82, 2.24) is 10.6 Å². The fourth-order valence-corrected chi connectivity index (χ4v) is 3.13. The number of benzene rings is 2. The van der Waals surface area contributed by atoms with Gasteiger partial charge in [-0.15, -0.1) is 0 Å². The molecule has 6 nitrogen and oxygen atoms in total. The highest BCUT2D eigenvalue weighted by atomic mass is 16.2. The van der Waals surface area contributed by atoms with Gasteiger partial charge >= 0.3 is 0 Å². The molecule has 25 heavy (non-hydrogen) atoms. The Balaban J connectivity index is 1.72. The maximum absolute atomic E-state index is 12.4. The van der Waals surface area contributed by atoms with Crippen molar-refractivity contribution in [1.29, 1.82) is 0 Å². The Labute approximate surface area is 146 Å². The van der Waals surface area contributed by atoms with Crippen molar-refractivity contribution >= 4 is 34.2 Å². The van der Waals surface area contributed by atoms with Crippen LogP contribution in [0.2, 0.25) is 0 Å². The van der Waals surface area contributed by atoms with Gasteiger partial charge in [-0.2, -0.15) is 0 Å². The molecule has 2 N–H and O–H groups in total. The lowest BCUT2D eigenvalue weighted by atomic mass is 10.1. The molecule has 3 amide bonds. The summed E-state index contributed by atoms with van der Waals surface area (Å²) in [5, 5.41) is 7.27. The Hall–Kier alpha value is -2.89. The van der Waals surface area contributed by atoms with Crippen LogP contribution in [0.25, 0.3) is 10.8 Å². The number of hydrogen-bond acceptors (Lipinski definition) is 3. The lowest BCUT2D eigenvalue weighted by Crippen LogP contribution is -2.40. The molecule has 1 fully saturated rings. The number of likely N-dealkylation sites (N-methyl/N-ethyl adjacent to an activating group) is 1. The molecule has 1 saturated heterocycles. The largest absolute Gasteiger partial charge is 0.355 e. The molecule has 0 bridgehead atoms. The Bertz CT molecular complexity index is 813. The minimum atomic E-state index is -0.444. The van der Waals surface area contributed by atoms with Crippen molar-refractivity contribution in [3.05, 3.63) is 42.5 Å². The third-order valence-electron chi connectivity index (χ3n) is 4.35. The van der Waals surface area contributed by atoms with Gasteiger partial charge in [0.15, 0.2) is 0 Å². The van der Waals surface area contributed by atoms with E-state index in [0.29, 0.717) is 13.1 Å². The van der Waals surface area contributed by atoms with Gasteiger partial charge < -0.3 is 15.5 Å². The molecule has 3 rings (SSSR count). The van der Waals surface area contributed by atoms with E-state index in [9.17, 15) is 14.4 Å². The highest BCUT2D eigenvalue weighted by molar-refractivity contribution is 6.07. The summed E-state index contributed by atoms with van der Waals surface area (Å²) in [6.07, 6.45) is 0.157. The van der Waals surface area contributed by atoms with Gasteiger partial charge in [0.1, 0.15) is 0 Å². The second-order valence-corrected chi connectivity index (χ2v) is 6.07. The SMILES string of the molecule is CCNC(=O)CNC(=O)[C@@H]1CC(=O)N(c2cccc3ccccc23)C1. The highest BCUT2D eigenvalue weighted by Gasteiger charge is 2.35. The molecule has 1 aliphatic heterocycles. The molecule has 0 saturated carbocycles. The van der Waals surface area contributed by atoms with Gasteiger partial charge in [-0.3, -0.25) is 14.4 Å². The van der Waals surface area contributed by atoms with Crippen molar-refractivity contribution < 1.29 is 14.4 Å². The summed E-state index contributed by atoms with van der Waals surface area (Å²) in [5.74, 6) is -1.01. The Morgan fingerprint density at radius 1 is 1.12 bits per heavy atom. The van der Waals surface area contributed by atoms with Gasteiger partial charge in [-0.25, -0.2) is 0 Å². The molecule has 0 unspecified atom stereocenters. The first-order chi connectivity index (χ1) is 12.1.